The molecule has 1 aliphatic heterocycles. The van der Waals surface area contributed by atoms with E-state index in [1.54, 1.807) is 6.08 Å². The van der Waals surface area contributed by atoms with Crippen molar-refractivity contribution in [2.45, 2.75) is 236 Å². The lowest BCUT2D eigenvalue weighted by Crippen LogP contribution is -2.60. The quantitative estimate of drug-likeness (QED) is 0.0250. The second-order valence-electron chi connectivity index (χ2n) is 15.6. The molecule has 0 saturated carbocycles. The Morgan fingerprint density at radius 2 is 1.07 bits per heavy atom. The number of hydrogen-bond donors (Lipinski definition) is 7. The molecule has 0 aliphatic carbocycles. The number of carbonyl (C=O) groups is 1. The van der Waals surface area contributed by atoms with E-state index in [1.165, 1.54) is 128 Å². The Hall–Kier alpha value is -1.37. The number of aliphatic hydroxyl groups excluding tert-OH is 6. The van der Waals surface area contributed by atoms with Gasteiger partial charge in [-0.15, -0.1) is 0 Å². The lowest BCUT2D eigenvalue weighted by Gasteiger charge is -2.40. The van der Waals surface area contributed by atoms with Crippen molar-refractivity contribution in [1.29, 1.82) is 0 Å². The SMILES string of the molecule is CCCCCCCCCCCCC/C=C\CCCC(O)C(=O)N[C@@H](CO[C@@H]1O[C@H](CO)[C@@H](O)[C@H](O)[C@H]1O)[C@H](O)/C=C/CCCCCCCCCCCCC. The second kappa shape index (κ2) is 34.8. The third-order valence-electron chi connectivity index (χ3n) is 10.6. The van der Waals surface area contributed by atoms with E-state index in [0.717, 1.165) is 32.1 Å². The molecule has 1 aliphatic rings. The Labute approximate surface area is 329 Å². The molecule has 10 heteroatoms. The fourth-order valence-electron chi connectivity index (χ4n) is 6.93. The number of unbranched alkanes of at least 4 members (excludes halogenated alkanes) is 23. The Morgan fingerprint density at radius 3 is 1.56 bits per heavy atom. The maximum Gasteiger partial charge on any atom is 0.249 e. The van der Waals surface area contributed by atoms with E-state index in [-0.39, 0.29) is 13.0 Å². The monoisotopic (exact) mass is 770 g/mol. The molecule has 0 bridgehead atoms. The number of ether oxygens (including phenoxy) is 2. The van der Waals surface area contributed by atoms with E-state index < -0.39 is 61.5 Å². The highest BCUT2D eigenvalue weighted by Crippen LogP contribution is 2.22. The van der Waals surface area contributed by atoms with Crippen molar-refractivity contribution >= 4 is 5.91 Å². The van der Waals surface area contributed by atoms with Crippen molar-refractivity contribution in [3.63, 3.8) is 0 Å². The van der Waals surface area contributed by atoms with E-state index in [1.807, 2.05) is 6.08 Å². The summed E-state index contributed by atoms with van der Waals surface area (Å²) < 4.78 is 11.1. The first kappa shape index (κ1) is 50.6. The molecular formula is C44H83NO9. The Morgan fingerprint density at radius 1 is 0.630 bits per heavy atom. The summed E-state index contributed by atoms with van der Waals surface area (Å²) in [6.07, 6.45) is 29.8. The maximum atomic E-state index is 13.0. The molecule has 0 aromatic carbocycles. The number of amides is 1. The molecule has 1 rings (SSSR count). The van der Waals surface area contributed by atoms with E-state index in [0.29, 0.717) is 6.42 Å². The second-order valence-corrected chi connectivity index (χ2v) is 15.6. The van der Waals surface area contributed by atoms with Crippen LogP contribution in [0.3, 0.4) is 0 Å². The van der Waals surface area contributed by atoms with Crippen LogP contribution in [0.5, 0.6) is 0 Å². The number of allylic oxidation sites excluding steroid dienone is 3. The van der Waals surface area contributed by atoms with E-state index >= 15 is 0 Å². The molecule has 1 heterocycles. The zero-order valence-electron chi connectivity index (χ0n) is 34.3. The molecule has 54 heavy (non-hydrogen) atoms. The lowest BCUT2D eigenvalue weighted by atomic mass is 9.99. The van der Waals surface area contributed by atoms with Crippen LogP contribution in [-0.4, -0.2) is 98.7 Å². The average Bonchev–Trinajstić information content (AvgIpc) is 3.17. The molecule has 10 nitrogen and oxygen atoms in total. The van der Waals surface area contributed by atoms with Crippen LogP contribution in [0.4, 0.5) is 0 Å². The first-order chi connectivity index (χ1) is 26.3. The highest BCUT2D eigenvalue weighted by Gasteiger charge is 2.44. The van der Waals surface area contributed by atoms with Gasteiger partial charge in [-0.3, -0.25) is 4.79 Å². The van der Waals surface area contributed by atoms with Gasteiger partial charge in [0.25, 0.3) is 0 Å². The Bertz CT molecular complexity index is 916. The number of carbonyl (C=O) groups excluding carboxylic acids is 1. The fraction of sp³-hybridized carbons (Fsp3) is 0.886. The lowest BCUT2D eigenvalue weighted by molar-refractivity contribution is -0.302. The van der Waals surface area contributed by atoms with E-state index in [2.05, 4.69) is 31.3 Å². The van der Waals surface area contributed by atoms with Crippen molar-refractivity contribution in [3.05, 3.63) is 24.3 Å². The number of rotatable bonds is 36. The molecule has 1 saturated heterocycles. The first-order valence-electron chi connectivity index (χ1n) is 22.2. The maximum absolute atomic E-state index is 13.0. The van der Waals surface area contributed by atoms with Gasteiger partial charge in [0.1, 0.15) is 30.5 Å². The molecule has 0 spiro atoms. The standard InChI is InChI=1S/C44H83NO9/c1-3-5-7-9-11-13-15-17-18-19-21-23-25-27-29-31-33-38(48)43(52)45-36(35-53-44-42(51)41(50)40(49)39(34-46)54-44)37(47)32-30-28-26-24-22-20-16-14-12-10-8-6-4-2/h25,27,30,32,36-42,44,46-51H,3-24,26,28-29,31,33-35H2,1-2H3,(H,45,52)/b27-25-,32-30+/t36-,37+,38?,39+,40+,41-,42+,44+/m0/s1. The van der Waals surface area contributed by atoms with Gasteiger partial charge < -0.3 is 45.4 Å². The molecule has 1 amide bonds. The normalized spacial score (nSPS) is 22.3. The van der Waals surface area contributed by atoms with Crippen molar-refractivity contribution < 1.29 is 44.9 Å². The summed E-state index contributed by atoms with van der Waals surface area (Å²) >= 11 is 0. The van der Waals surface area contributed by atoms with Crippen molar-refractivity contribution in [2.24, 2.45) is 0 Å². The Kier molecular flexibility index (Phi) is 32.7. The van der Waals surface area contributed by atoms with Gasteiger partial charge in [-0.1, -0.05) is 167 Å². The molecule has 8 atom stereocenters. The molecular weight excluding hydrogens is 686 g/mol. The van der Waals surface area contributed by atoms with Gasteiger partial charge in [-0.25, -0.2) is 0 Å². The van der Waals surface area contributed by atoms with Gasteiger partial charge in [-0.2, -0.15) is 0 Å². The third-order valence-corrected chi connectivity index (χ3v) is 10.6. The molecule has 1 fully saturated rings. The minimum Gasteiger partial charge on any atom is -0.394 e. The molecule has 7 N–H and O–H groups in total. The van der Waals surface area contributed by atoms with Gasteiger partial charge in [0, 0.05) is 0 Å². The van der Waals surface area contributed by atoms with Crippen LogP contribution < -0.4 is 5.32 Å². The summed E-state index contributed by atoms with van der Waals surface area (Å²) in [7, 11) is 0. The largest absolute Gasteiger partial charge is 0.394 e. The van der Waals surface area contributed by atoms with Gasteiger partial charge in [0.2, 0.25) is 5.91 Å². The molecule has 0 aromatic rings. The van der Waals surface area contributed by atoms with E-state index in [9.17, 15) is 35.4 Å². The third kappa shape index (κ3) is 25.0. The summed E-state index contributed by atoms with van der Waals surface area (Å²) in [5, 5.41) is 64.5. The molecule has 0 aromatic heterocycles. The zero-order valence-corrected chi connectivity index (χ0v) is 34.3. The van der Waals surface area contributed by atoms with Gasteiger partial charge in [0.05, 0.1) is 25.4 Å². The Balaban J connectivity index is 2.46. The fourth-order valence-corrected chi connectivity index (χ4v) is 6.93. The number of hydrogen-bond acceptors (Lipinski definition) is 9. The van der Waals surface area contributed by atoms with Crippen molar-refractivity contribution in [3.8, 4) is 0 Å². The minimum absolute atomic E-state index is 0.264. The zero-order chi connectivity index (χ0) is 39.7. The molecule has 318 valence electrons. The van der Waals surface area contributed by atoms with Gasteiger partial charge in [-0.05, 0) is 44.9 Å². The first-order valence-corrected chi connectivity index (χ1v) is 22.2. The van der Waals surface area contributed by atoms with Crippen LogP contribution in [0.1, 0.15) is 187 Å². The van der Waals surface area contributed by atoms with E-state index in [4.69, 9.17) is 9.47 Å². The minimum atomic E-state index is -1.61. The highest BCUT2D eigenvalue weighted by molar-refractivity contribution is 5.80. The summed E-state index contributed by atoms with van der Waals surface area (Å²) in [6, 6.07) is -0.987. The predicted octanol–water partition coefficient (Wildman–Crippen LogP) is 7.69. The van der Waals surface area contributed by atoms with Crippen LogP contribution in [0.15, 0.2) is 24.3 Å². The van der Waals surface area contributed by atoms with Crippen molar-refractivity contribution in [2.75, 3.05) is 13.2 Å². The molecule has 1 unspecified atom stereocenters. The number of nitrogens with one attached hydrogen (secondary N) is 1. The highest BCUT2D eigenvalue weighted by atomic mass is 16.7. The summed E-state index contributed by atoms with van der Waals surface area (Å²) in [4.78, 5) is 13.0. The van der Waals surface area contributed by atoms with Crippen LogP contribution in [0, 0.1) is 0 Å². The van der Waals surface area contributed by atoms with Gasteiger partial charge in [0.15, 0.2) is 6.29 Å². The molecule has 0 radical (unpaired) electrons. The van der Waals surface area contributed by atoms with Gasteiger partial charge >= 0.3 is 0 Å². The van der Waals surface area contributed by atoms with Crippen LogP contribution >= 0.6 is 0 Å². The summed E-state index contributed by atoms with van der Waals surface area (Å²) in [6.45, 7) is 3.58. The summed E-state index contributed by atoms with van der Waals surface area (Å²) in [5.41, 5.74) is 0. The predicted molar refractivity (Wildman–Crippen MR) is 218 cm³/mol. The number of aliphatic hydroxyl groups is 6. The smallest absolute Gasteiger partial charge is 0.249 e. The van der Waals surface area contributed by atoms with Crippen molar-refractivity contribution in [1.82, 2.24) is 5.32 Å². The van der Waals surface area contributed by atoms with Crippen LogP contribution in [0.2, 0.25) is 0 Å². The van der Waals surface area contributed by atoms with Crippen LogP contribution in [-0.2, 0) is 14.3 Å². The topological polar surface area (TPSA) is 169 Å². The average molecular weight is 770 g/mol. The van der Waals surface area contributed by atoms with Crippen LogP contribution in [0.25, 0.3) is 0 Å². The summed E-state index contributed by atoms with van der Waals surface area (Å²) in [5.74, 6) is -0.639.